The Kier molecular flexibility index (Phi) is 5.79. The van der Waals surface area contributed by atoms with E-state index >= 15 is 0 Å². The molecule has 0 aliphatic heterocycles. The Morgan fingerprint density at radius 2 is 1.76 bits per heavy atom. The van der Waals surface area contributed by atoms with E-state index < -0.39 is 0 Å². The maximum Gasteiger partial charge on any atom is 0.124 e. The molecule has 2 aromatic rings. The van der Waals surface area contributed by atoms with Gasteiger partial charge in [-0.2, -0.15) is 0 Å². The normalized spacial score (nSPS) is 12.6. The van der Waals surface area contributed by atoms with Crippen molar-refractivity contribution in [2.45, 2.75) is 30.7 Å². The van der Waals surface area contributed by atoms with Crippen molar-refractivity contribution in [2.24, 2.45) is 5.84 Å². The summed E-state index contributed by atoms with van der Waals surface area (Å²) in [6.07, 6.45) is 0. The number of rotatable bonds is 6. The van der Waals surface area contributed by atoms with Gasteiger partial charge in [-0.1, -0.05) is 44.2 Å². The van der Waals surface area contributed by atoms with E-state index in [4.69, 9.17) is 5.84 Å². The van der Waals surface area contributed by atoms with E-state index in [0.717, 1.165) is 16.2 Å². The van der Waals surface area contributed by atoms with Crippen molar-refractivity contribution >= 4 is 11.8 Å². The van der Waals surface area contributed by atoms with Gasteiger partial charge in [-0.15, -0.1) is 11.8 Å². The van der Waals surface area contributed by atoms with Crippen LogP contribution >= 0.6 is 11.8 Å². The number of hydrogen-bond donors (Lipinski definition) is 2. The van der Waals surface area contributed by atoms with Crippen LogP contribution in [-0.4, -0.2) is 5.75 Å². The van der Waals surface area contributed by atoms with E-state index in [2.05, 4.69) is 43.5 Å². The molecular weight excluding hydrogens is 283 g/mol. The molecule has 0 spiro atoms. The van der Waals surface area contributed by atoms with Gasteiger partial charge in [-0.3, -0.25) is 11.3 Å². The van der Waals surface area contributed by atoms with Gasteiger partial charge in [0, 0.05) is 10.6 Å². The number of halogens is 1. The van der Waals surface area contributed by atoms with E-state index in [1.54, 1.807) is 23.9 Å². The molecule has 0 aliphatic carbocycles. The Labute approximate surface area is 129 Å². The molecule has 3 N–H and O–H groups in total. The van der Waals surface area contributed by atoms with Gasteiger partial charge in [-0.25, -0.2) is 4.39 Å². The molecule has 4 heteroatoms. The van der Waals surface area contributed by atoms with Crippen molar-refractivity contribution in [1.29, 1.82) is 0 Å². The van der Waals surface area contributed by atoms with Crippen LogP contribution in [-0.2, 0) is 0 Å². The van der Waals surface area contributed by atoms with Gasteiger partial charge in [0.1, 0.15) is 5.82 Å². The van der Waals surface area contributed by atoms with Gasteiger partial charge in [0.2, 0.25) is 0 Å². The van der Waals surface area contributed by atoms with Crippen molar-refractivity contribution in [3.8, 4) is 0 Å². The number of nitrogens with two attached hydrogens (primary N) is 1. The zero-order valence-corrected chi connectivity index (χ0v) is 13.2. The third-order valence-electron chi connectivity index (χ3n) is 3.42. The summed E-state index contributed by atoms with van der Waals surface area (Å²) in [6.45, 7) is 4.35. The highest BCUT2D eigenvalue weighted by molar-refractivity contribution is 7.99. The number of hydrazine groups is 1. The second kappa shape index (κ2) is 7.59. The topological polar surface area (TPSA) is 38.0 Å². The fourth-order valence-electron chi connectivity index (χ4n) is 2.09. The number of benzene rings is 2. The largest absolute Gasteiger partial charge is 0.271 e. The summed E-state index contributed by atoms with van der Waals surface area (Å²) in [4.78, 5) is 0.911. The summed E-state index contributed by atoms with van der Waals surface area (Å²) in [7, 11) is 0. The Balaban J connectivity index is 2.02. The number of hydrogen-bond acceptors (Lipinski definition) is 3. The molecule has 0 saturated heterocycles. The van der Waals surface area contributed by atoms with E-state index in [0.29, 0.717) is 5.92 Å². The highest BCUT2D eigenvalue weighted by Gasteiger charge is 2.11. The van der Waals surface area contributed by atoms with Gasteiger partial charge in [-0.05, 0) is 35.2 Å². The SMILES string of the molecule is CC(C)c1ccc(C(CSc2cccc(F)c2)NN)cc1. The summed E-state index contributed by atoms with van der Waals surface area (Å²) < 4.78 is 13.2. The summed E-state index contributed by atoms with van der Waals surface area (Å²) in [5, 5.41) is 0. The van der Waals surface area contributed by atoms with Gasteiger partial charge in [0.25, 0.3) is 0 Å². The van der Waals surface area contributed by atoms with Crippen LogP contribution in [0.4, 0.5) is 4.39 Å². The van der Waals surface area contributed by atoms with E-state index in [1.807, 2.05) is 6.07 Å². The summed E-state index contributed by atoms with van der Waals surface area (Å²) in [6, 6.07) is 15.1. The Morgan fingerprint density at radius 3 is 2.33 bits per heavy atom. The predicted molar refractivity (Wildman–Crippen MR) is 87.7 cm³/mol. The minimum absolute atomic E-state index is 0.0412. The van der Waals surface area contributed by atoms with Crippen LogP contribution in [0.25, 0.3) is 0 Å². The molecule has 1 atom stereocenters. The van der Waals surface area contributed by atoms with Crippen LogP contribution in [0.1, 0.15) is 36.9 Å². The molecular formula is C17H21FN2S. The second-order valence-corrected chi connectivity index (χ2v) is 6.40. The lowest BCUT2D eigenvalue weighted by atomic mass is 10.00. The first kappa shape index (κ1) is 16.0. The van der Waals surface area contributed by atoms with Crippen molar-refractivity contribution in [2.75, 3.05) is 5.75 Å². The highest BCUT2D eigenvalue weighted by atomic mass is 32.2. The molecule has 0 radical (unpaired) electrons. The number of thioether (sulfide) groups is 1. The first-order chi connectivity index (χ1) is 10.1. The summed E-state index contributed by atoms with van der Waals surface area (Å²) >= 11 is 1.59. The maximum absolute atomic E-state index is 13.2. The highest BCUT2D eigenvalue weighted by Crippen LogP contribution is 2.26. The summed E-state index contributed by atoms with van der Waals surface area (Å²) in [5.41, 5.74) is 5.29. The first-order valence-corrected chi connectivity index (χ1v) is 8.03. The molecule has 0 saturated carbocycles. The lowest BCUT2D eigenvalue weighted by Crippen LogP contribution is -2.29. The van der Waals surface area contributed by atoms with E-state index in [-0.39, 0.29) is 11.9 Å². The molecule has 112 valence electrons. The third kappa shape index (κ3) is 4.56. The zero-order valence-electron chi connectivity index (χ0n) is 12.3. The average Bonchev–Trinajstić information content (AvgIpc) is 2.48. The fraction of sp³-hybridized carbons (Fsp3) is 0.294. The molecule has 2 nitrogen and oxygen atoms in total. The van der Waals surface area contributed by atoms with Gasteiger partial charge < -0.3 is 0 Å². The van der Waals surface area contributed by atoms with Gasteiger partial charge in [0.05, 0.1) is 6.04 Å². The first-order valence-electron chi connectivity index (χ1n) is 7.04. The standard InChI is InChI=1S/C17H21FN2S/c1-12(2)13-6-8-14(9-7-13)17(20-19)11-21-16-5-3-4-15(18)10-16/h3-10,12,17,20H,11,19H2,1-2H3. The minimum Gasteiger partial charge on any atom is -0.271 e. The lowest BCUT2D eigenvalue weighted by Gasteiger charge is -2.17. The molecule has 1 unspecified atom stereocenters. The molecule has 2 aromatic carbocycles. The maximum atomic E-state index is 13.2. The van der Waals surface area contributed by atoms with E-state index in [9.17, 15) is 4.39 Å². The van der Waals surface area contributed by atoms with Crippen LogP contribution < -0.4 is 11.3 Å². The summed E-state index contributed by atoms with van der Waals surface area (Å²) in [5.74, 6) is 6.72. The monoisotopic (exact) mass is 304 g/mol. The van der Waals surface area contributed by atoms with Crippen molar-refractivity contribution in [3.63, 3.8) is 0 Å². The molecule has 0 fully saturated rings. The molecule has 0 bridgehead atoms. The van der Waals surface area contributed by atoms with Crippen LogP contribution in [0.2, 0.25) is 0 Å². The Hall–Kier alpha value is -1.36. The minimum atomic E-state index is -0.210. The van der Waals surface area contributed by atoms with Crippen molar-refractivity contribution in [1.82, 2.24) is 5.43 Å². The molecule has 0 heterocycles. The van der Waals surface area contributed by atoms with Crippen LogP contribution in [0.3, 0.4) is 0 Å². The number of nitrogens with one attached hydrogen (secondary N) is 1. The second-order valence-electron chi connectivity index (χ2n) is 5.31. The Bertz CT molecular complexity index is 569. The fourth-order valence-corrected chi connectivity index (χ4v) is 3.11. The molecule has 0 amide bonds. The zero-order chi connectivity index (χ0) is 15.2. The molecule has 0 aliphatic rings. The molecule has 2 rings (SSSR count). The average molecular weight is 304 g/mol. The van der Waals surface area contributed by atoms with E-state index in [1.165, 1.54) is 11.6 Å². The predicted octanol–water partition coefficient (Wildman–Crippen LogP) is 4.25. The smallest absolute Gasteiger partial charge is 0.124 e. The Morgan fingerprint density at radius 1 is 1.10 bits per heavy atom. The van der Waals surface area contributed by atoms with Crippen molar-refractivity contribution in [3.05, 3.63) is 65.5 Å². The molecule has 21 heavy (non-hydrogen) atoms. The van der Waals surface area contributed by atoms with Gasteiger partial charge >= 0.3 is 0 Å². The lowest BCUT2D eigenvalue weighted by molar-refractivity contribution is 0.609. The molecule has 0 aromatic heterocycles. The van der Waals surface area contributed by atoms with Crippen LogP contribution in [0.5, 0.6) is 0 Å². The third-order valence-corrected chi connectivity index (χ3v) is 4.51. The van der Waals surface area contributed by atoms with Crippen LogP contribution in [0.15, 0.2) is 53.4 Å². The van der Waals surface area contributed by atoms with Crippen LogP contribution in [0, 0.1) is 5.82 Å². The van der Waals surface area contributed by atoms with Gasteiger partial charge in [0.15, 0.2) is 0 Å². The van der Waals surface area contributed by atoms with Crippen molar-refractivity contribution < 1.29 is 4.39 Å². The quantitative estimate of drug-likeness (QED) is 0.476.